The molecule has 1 amide bonds. The first-order valence-corrected chi connectivity index (χ1v) is 13.8. The van der Waals surface area contributed by atoms with Crippen LogP contribution in [0.2, 0.25) is 0 Å². The zero-order chi connectivity index (χ0) is 27.2. The molecule has 4 atom stereocenters. The summed E-state index contributed by atoms with van der Waals surface area (Å²) in [7, 11) is 0. The Morgan fingerprint density at radius 3 is 2.24 bits per heavy atom. The van der Waals surface area contributed by atoms with Gasteiger partial charge in [0.1, 0.15) is 11.3 Å². The lowest BCUT2D eigenvalue weighted by Gasteiger charge is -2.48. The summed E-state index contributed by atoms with van der Waals surface area (Å²) in [6.07, 6.45) is 1.29. The molecule has 4 unspecified atom stereocenters. The second-order valence-corrected chi connectivity index (χ2v) is 11.9. The Bertz CT molecular complexity index is 1190. The molecule has 8 heteroatoms. The third-order valence-electron chi connectivity index (χ3n) is 8.73. The number of benzene rings is 2. The third kappa shape index (κ3) is 5.50. The van der Waals surface area contributed by atoms with Crippen LogP contribution in [0.5, 0.6) is 5.75 Å². The van der Waals surface area contributed by atoms with E-state index in [0.717, 1.165) is 38.5 Å². The zero-order valence-corrected chi connectivity index (χ0v) is 22.0. The molecule has 5 nitrogen and oxygen atoms in total. The van der Waals surface area contributed by atoms with Crippen molar-refractivity contribution < 1.29 is 32.6 Å². The van der Waals surface area contributed by atoms with Crippen LogP contribution in [-0.4, -0.2) is 40.1 Å². The molecule has 2 saturated heterocycles. The fourth-order valence-corrected chi connectivity index (χ4v) is 7.26. The van der Waals surface area contributed by atoms with E-state index in [-0.39, 0.29) is 41.7 Å². The number of carboxylic acids is 1. The van der Waals surface area contributed by atoms with E-state index in [0.29, 0.717) is 35.6 Å². The topological polar surface area (TPSA) is 66.8 Å². The Hall–Kier alpha value is -2.77. The second-order valence-electron chi connectivity index (χ2n) is 11.9. The molecule has 1 aliphatic carbocycles. The maximum absolute atomic E-state index is 14.3. The first-order chi connectivity index (χ1) is 18.0. The highest BCUT2D eigenvalue weighted by molar-refractivity contribution is 5.90. The molecule has 38 heavy (non-hydrogen) atoms. The summed E-state index contributed by atoms with van der Waals surface area (Å²) in [5, 5.41) is 9.97. The van der Waals surface area contributed by atoms with E-state index >= 15 is 0 Å². The molecule has 1 saturated carbocycles. The fraction of sp³-hybridized carbons (Fsp3) is 0.600. The molecule has 3 aliphatic rings. The van der Waals surface area contributed by atoms with E-state index in [1.807, 2.05) is 4.90 Å². The Morgan fingerprint density at radius 1 is 0.974 bits per heavy atom. The summed E-state index contributed by atoms with van der Waals surface area (Å²) in [4.78, 5) is 26.7. The second kappa shape index (κ2) is 10.4. The zero-order valence-electron chi connectivity index (χ0n) is 22.0. The van der Waals surface area contributed by atoms with Gasteiger partial charge in [-0.15, -0.1) is 0 Å². The SMILES string of the molecule is CC1CC(C)CC(Oc2ccc3cc(CC(=O)N4C5CCCC4CC(C(=O)O)C5)ccc3c2C(F)(F)F)C1. The number of ether oxygens (including phenoxy) is 1. The van der Waals surface area contributed by atoms with Crippen molar-refractivity contribution in [1.82, 2.24) is 4.90 Å². The molecule has 2 aromatic rings. The molecule has 0 spiro atoms. The minimum absolute atomic E-state index is 0.0715. The van der Waals surface area contributed by atoms with Gasteiger partial charge in [-0.25, -0.2) is 0 Å². The van der Waals surface area contributed by atoms with E-state index < -0.39 is 23.6 Å². The van der Waals surface area contributed by atoms with E-state index in [9.17, 15) is 27.9 Å². The fourth-order valence-electron chi connectivity index (χ4n) is 7.26. The standard InChI is InChI=1S/C30H36F3NO4/c1-17-10-18(2)12-24(11-17)38-26-9-7-20-13-19(6-8-25(20)28(26)30(31,32)33)14-27(35)34-22-4-3-5-23(34)16-21(15-22)29(36)37/h6-9,13,17-18,21-24H,3-5,10-12,14-16H2,1-2H3,(H,36,37). The molecule has 0 radical (unpaired) electrons. The lowest BCUT2D eigenvalue weighted by molar-refractivity contribution is -0.152. The minimum atomic E-state index is -4.58. The van der Waals surface area contributed by atoms with Crippen molar-refractivity contribution in [1.29, 1.82) is 0 Å². The first-order valence-electron chi connectivity index (χ1n) is 13.8. The number of rotatable bonds is 5. The van der Waals surface area contributed by atoms with Gasteiger partial charge in [0, 0.05) is 12.1 Å². The monoisotopic (exact) mass is 531 g/mol. The van der Waals surface area contributed by atoms with Crippen molar-refractivity contribution >= 4 is 22.6 Å². The number of amides is 1. The number of alkyl halides is 3. The summed E-state index contributed by atoms with van der Waals surface area (Å²) in [5.74, 6) is -0.623. The van der Waals surface area contributed by atoms with Crippen molar-refractivity contribution in [2.24, 2.45) is 17.8 Å². The molecular weight excluding hydrogens is 495 g/mol. The number of carbonyl (C=O) groups excluding carboxylic acids is 1. The maximum Gasteiger partial charge on any atom is 0.420 e. The molecule has 206 valence electrons. The molecule has 2 aliphatic heterocycles. The molecule has 0 aromatic heterocycles. The van der Waals surface area contributed by atoms with E-state index in [4.69, 9.17) is 4.74 Å². The van der Waals surface area contributed by atoms with E-state index in [1.54, 1.807) is 18.2 Å². The van der Waals surface area contributed by atoms with Gasteiger partial charge in [0.25, 0.3) is 0 Å². The van der Waals surface area contributed by atoms with Gasteiger partial charge in [-0.05, 0) is 85.6 Å². The first kappa shape index (κ1) is 26.8. The summed E-state index contributed by atoms with van der Waals surface area (Å²) in [6, 6.07) is 7.62. The number of aliphatic carboxylic acids is 1. The Morgan fingerprint density at radius 2 is 1.63 bits per heavy atom. The molecule has 5 rings (SSSR count). The van der Waals surface area contributed by atoms with Gasteiger partial charge in [-0.3, -0.25) is 9.59 Å². The predicted molar refractivity (Wildman–Crippen MR) is 138 cm³/mol. The van der Waals surface area contributed by atoms with Crippen LogP contribution >= 0.6 is 0 Å². The van der Waals surface area contributed by atoms with E-state index in [2.05, 4.69) is 13.8 Å². The van der Waals surface area contributed by atoms with Gasteiger partial charge in [0.2, 0.25) is 5.91 Å². The summed E-state index contributed by atoms with van der Waals surface area (Å²) < 4.78 is 48.8. The Labute approximate surface area is 221 Å². The Kier molecular flexibility index (Phi) is 7.35. The summed E-state index contributed by atoms with van der Waals surface area (Å²) >= 11 is 0. The number of hydrogen-bond donors (Lipinski definition) is 1. The normalized spacial score (nSPS) is 29.8. The van der Waals surface area contributed by atoms with Gasteiger partial charge in [-0.1, -0.05) is 38.1 Å². The number of halogens is 3. The number of nitrogens with zero attached hydrogens (tertiary/aromatic N) is 1. The van der Waals surface area contributed by atoms with Crippen LogP contribution in [0.1, 0.15) is 76.3 Å². The third-order valence-corrected chi connectivity index (χ3v) is 8.73. The predicted octanol–water partition coefficient (Wildman–Crippen LogP) is 6.85. The highest BCUT2D eigenvalue weighted by Crippen LogP contribution is 2.43. The van der Waals surface area contributed by atoms with Crippen molar-refractivity contribution in [2.75, 3.05) is 0 Å². The van der Waals surface area contributed by atoms with Crippen molar-refractivity contribution in [3.8, 4) is 5.75 Å². The van der Waals surface area contributed by atoms with Crippen LogP contribution in [0.15, 0.2) is 30.3 Å². The highest BCUT2D eigenvalue weighted by Gasteiger charge is 2.43. The highest BCUT2D eigenvalue weighted by atomic mass is 19.4. The van der Waals surface area contributed by atoms with Crippen molar-refractivity contribution in [3.05, 3.63) is 41.5 Å². The number of piperidine rings is 2. The van der Waals surface area contributed by atoms with Gasteiger partial charge >= 0.3 is 12.1 Å². The van der Waals surface area contributed by atoms with Gasteiger partial charge in [0.15, 0.2) is 0 Å². The Balaban J connectivity index is 1.38. The van der Waals surface area contributed by atoms with Crippen LogP contribution in [0, 0.1) is 17.8 Å². The average molecular weight is 532 g/mol. The lowest BCUT2D eigenvalue weighted by Crippen LogP contribution is -2.56. The van der Waals surface area contributed by atoms with Crippen LogP contribution in [0.25, 0.3) is 10.8 Å². The average Bonchev–Trinajstić information content (AvgIpc) is 2.81. The minimum Gasteiger partial charge on any atom is -0.490 e. The van der Waals surface area contributed by atoms with Crippen LogP contribution in [0.3, 0.4) is 0 Å². The number of carboxylic acid groups (broad SMARTS) is 1. The van der Waals surface area contributed by atoms with E-state index in [1.165, 1.54) is 12.1 Å². The quantitative estimate of drug-likeness (QED) is 0.458. The molecule has 3 fully saturated rings. The van der Waals surface area contributed by atoms with Crippen LogP contribution in [-0.2, 0) is 22.2 Å². The summed E-state index contributed by atoms with van der Waals surface area (Å²) in [6.45, 7) is 4.23. The number of hydrogen-bond acceptors (Lipinski definition) is 3. The van der Waals surface area contributed by atoms with Crippen molar-refractivity contribution in [2.45, 2.75) is 96.0 Å². The van der Waals surface area contributed by atoms with Gasteiger partial charge < -0.3 is 14.7 Å². The number of carbonyl (C=O) groups is 2. The van der Waals surface area contributed by atoms with Gasteiger partial charge in [0.05, 0.1) is 18.4 Å². The number of fused-ring (bicyclic) bond motifs is 3. The van der Waals surface area contributed by atoms with Crippen LogP contribution in [0.4, 0.5) is 13.2 Å². The molecule has 2 aromatic carbocycles. The van der Waals surface area contributed by atoms with Crippen LogP contribution < -0.4 is 4.74 Å². The molecule has 2 heterocycles. The molecule has 2 bridgehead atoms. The maximum atomic E-state index is 14.3. The van der Waals surface area contributed by atoms with Crippen molar-refractivity contribution in [3.63, 3.8) is 0 Å². The van der Waals surface area contributed by atoms with Gasteiger partial charge in [-0.2, -0.15) is 13.2 Å². The smallest absolute Gasteiger partial charge is 0.420 e. The lowest BCUT2D eigenvalue weighted by atomic mass is 9.78. The summed E-state index contributed by atoms with van der Waals surface area (Å²) in [5.41, 5.74) is -0.110. The largest absolute Gasteiger partial charge is 0.490 e. The molecular formula is C30H36F3NO4. The molecule has 1 N–H and O–H groups in total.